The molecule has 0 aliphatic heterocycles. The number of benzene rings is 1. The van der Waals surface area contributed by atoms with E-state index in [1.165, 1.54) is 6.07 Å². The van der Waals surface area contributed by atoms with Gasteiger partial charge in [0.1, 0.15) is 0 Å². The zero-order chi connectivity index (χ0) is 11.1. The number of hydrogen-bond acceptors (Lipinski definition) is 2. The second-order valence-corrected chi connectivity index (χ2v) is 2.71. The van der Waals surface area contributed by atoms with Crippen LogP contribution in [-0.4, -0.2) is 22.2 Å². The van der Waals surface area contributed by atoms with Crippen LogP contribution in [0.25, 0.3) is 0 Å². The third-order valence-electron chi connectivity index (χ3n) is 1.10. The molecular weight excluding hydrogens is 208 g/mol. The lowest BCUT2D eigenvalue weighted by molar-refractivity contribution is -0.134. The smallest absolute Gasteiger partial charge is 0.337 e. The molecule has 1 rings (SSSR count). The highest BCUT2D eigenvalue weighted by atomic mass is 35.5. The van der Waals surface area contributed by atoms with E-state index in [9.17, 15) is 4.79 Å². The average Bonchev–Trinajstić information content (AvgIpc) is 2.03. The van der Waals surface area contributed by atoms with Crippen molar-refractivity contribution in [2.75, 3.05) is 0 Å². The fraction of sp³-hybridized carbons (Fsp3) is 0.111. The van der Waals surface area contributed by atoms with Gasteiger partial charge in [-0.05, 0) is 12.1 Å². The number of hydrogen-bond donors (Lipinski definition) is 2. The molecule has 0 aliphatic carbocycles. The van der Waals surface area contributed by atoms with Gasteiger partial charge in [0.25, 0.3) is 5.97 Å². The number of carboxylic acids is 2. The third kappa shape index (κ3) is 5.16. The Bertz CT molecular complexity index is 331. The molecule has 0 aliphatic rings. The summed E-state index contributed by atoms with van der Waals surface area (Å²) in [5.41, 5.74) is 0.143. The van der Waals surface area contributed by atoms with E-state index in [4.69, 9.17) is 26.6 Å². The minimum Gasteiger partial charge on any atom is -0.481 e. The molecule has 1 aromatic rings. The number of aliphatic carboxylic acids is 1. The van der Waals surface area contributed by atoms with Crippen molar-refractivity contribution < 1.29 is 19.8 Å². The first-order valence-corrected chi connectivity index (χ1v) is 4.00. The second kappa shape index (κ2) is 5.99. The molecule has 0 fully saturated rings. The van der Waals surface area contributed by atoms with Crippen molar-refractivity contribution in [1.29, 1.82) is 0 Å². The summed E-state index contributed by atoms with van der Waals surface area (Å²) < 4.78 is 0. The molecule has 76 valence electrons. The predicted molar refractivity (Wildman–Crippen MR) is 51.7 cm³/mol. The summed E-state index contributed by atoms with van der Waals surface area (Å²) in [5, 5.41) is 16.2. The summed E-state index contributed by atoms with van der Waals surface area (Å²) in [6.07, 6.45) is 0. The van der Waals surface area contributed by atoms with E-state index in [2.05, 4.69) is 0 Å². The molecule has 0 radical (unpaired) electrons. The van der Waals surface area contributed by atoms with Crippen molar-refractivity contribution in [3.63, 3.8) is 0 Å². The van der Waals surface area contributed by atoms with Crippen LogP contribution in [0.15, 0.2) is 24.3 Å². The molecule has 0 unspecified atom stereocenters. The van der Waals surface area contributed by atoms with Crippen LogP contribution in [0.2, 0.25) is 5.02 Å². The Labute approximate surface area is 85.7 Å². The zero-order valence-corrected chi connectivity index (χ0v) is 8.15. The van der Waals surface area contributed by atoms with Crippen LogP contribution in [0.5, 0.6) is 0 Å². The lowest BCUT2D eigenvalue weighted by Gasteiger charge is -1.94. The molecule has 4 nitrogen and oxygen atoms in total. The molecule has 0 saturated carbocycles. The molecule has 1 aromatic carbocycles. The predicted octanol–water partition coefficient (Wildman–Crippen LogP) is 2.13. The van der Waals surface area contributed by atoms with Crippen LogP contribution >= 0.6 is 11.6 Å². The SMILES string of the molecule is CC(=O)O.O=C(O)c1ccccc1Cl. The summed E-state index contributed by atoms with van der Waals surface area (Å²) >= 11 is 5.54. The first-order chi connectivity index (χ1) is 6.45. The first kappa shape index (κ1) is 12.5. The number of carboxylic acid groups (broad SMARTS) is 2. The van der Waals surface area contributed by atoms with E-state index in [1.807, 2.05) is 0 Å². The molecule has 14 heavy (non-hydrogen) atoms. The number of carbonyl (C=O) groups is 2. The van der Waals surface area contributed by atoms with Gasteiger partial charge in [0.2, 0.25) is 0 Å². The summed E-state index contributed by atoms with van der Waals surface area (Å²) in [5.74, 6) is -1.83. The van der Waals surface area contributed by atoms with E-state index in [0.717, 1.165) is 6.92 Å². The largest absolute Gasteiger partial charge is 0.481 e. The quantitative estimate of drug-likeness (QED) is 0.754. The topological polar surface area (TPSA) is 74.6 Å². The molecule has 0 saturated heterocycles. The number of halogens is 1. The van der Waals surface area contributed by atoms with Gasteiger partial charge in [-0.3, -0.25) is 4.79 Å². The summed E-state index contributed by atoms with van der Waals surface area (Å²) in [7, 11) is 0. The fourth-order valence-electron chi connectivity index (χ4n) is 0.635. The van der Waals surface area contributed by atoms with E-state index in [0.29, 0.717) is 0 Å². The lowest BCUT2D eigenvalue weighted by atomic mass is 10.2. The monoisotopic (exact) mass is 216 g/mol. The van der Waals surface area contributed by atoms with Gasteiger partial charge in [-0.1, -0.05) is 23.7 Å². The van der Waals surface area contributed by atoms with Crippen LogP contribution in [0.4, 0.5) is 0 Å². The average molecular weight is 217 g/mol. The van der Waals surface area contributed by atoms with Gasteiger partial charge in [-0.15, -0.1) is 0 Å². The minimum atomic E-state index is -0.995. The molecule has 0 spiro atoms. The van der Waals surface area contributed by atoms with Crippen molar-refractivity contribution in [1.82, 2.24) is 0 Å². The van der Waals surface area contributed by atoms with Crippen molar-refractivity contribution in [2.24, 2.45) is 0 Å². The second-order valence-electron chi connectivity index (χ2n) is 2.30. The van der Waals surface area contributed by atoms with Crippen LogP contribution in [-0.2, 0) is 4.79 Å². The number of rotatable bonds is 1. The maximum Gasteiger partial charge on any atom is 0.337 e. The lowest BCUT2D eigenvalue weighted by Crippen LogP contribution is -1.95. The first-order valence-electron chi connectivity index (χ1n) is 3.62. The number of aromatic carboxylic acids is 1. The van der Waals surface area contributed by atoms with Crippen LogP contribution in [0.1, 0.15) is 17.3 Å². The minimum absolute atomic E-state index is 0.143. The summed E-state index contributed by atoms with van der Waals surface area (Å²) in [6, 6.07) is 6.33. The maximum atomic E-state index is 10.3. The fourth-order valence-corrected chi connectivity index (χ4v) is 0.851. The van der Waals surface area contributed by atoms with E-state index in [1.54, 1.807) is 18.2 Å². The van der Waals surface area contributed by atoms with E-state index >= 15 is 0 Å². The molecule has 0 atom stereocenters. The van der Waals surface area contributed by atoms with Crippen molar-refractivity contribution >= 4 is 23.5 Å². The van der Waals surface area contributed by atoms with Crippen LogP contribution < -0.4 is 0 Å². The maximum absolute atomic E-state index is 10.3. The summed E-state index contributed by atoms with van der Waals surface area (Å²) in [4.78, 5) is 19.3. The Morgan fingerprint density at radius 1 is 1.21 bits per heavy atom. The van der Waals surface area contributed by atoms with E-state index in [-0.39, 0.29) is 10.6 Å². The molecule has 5 heteroatoms. The van der Waals surface area contributed by atoms with Crippen LogP contribution in [0, 0.1) is 0 Å². The Morgan fingerprint density at radius 3 is 1.93 bits per heavy atom. The van der Waals surface area contributed by atoms with Gasteiger partial charge in [-0.2, -0.15) is 0 Å². The highest BCUT2D eigenvalue weighted by Crippen LogP contribution is 2.13. The van der Waals surface area contributed by atoms with Gasteiger partial charge in [-0.25, -0.2) is 4.79 Å². The molecule has 0 heterocycles. The Morgan fingerprint density at radius 2 is 1.64 bits per heavy atom. The molecule has 0 aromatic heterocycles. The Hall–Kier alpha value is -1.55. The van der Waals surface area contributed by atoms with Gasteiger partial charge >= 0.3 is 5.97 Å². The molecule has 2 N–H and O–H groups in total. The standard InChI is InChI=1S/C7H5ClO2.C2H4O2/c8-6-4-2-1-3-5(6)7(9)10;1-2(3)4/h1-4H,(H,9,10);1H3,(H,3,4). The highest BCUT2D eigenvalue weighted by molar-refractivity contribution is 6.33. The Kier molecular flexibility index (Phi) is 5.33. The third-order valence-corrected chi connectivity index (χ3v) is 1.43. The Balaban J connectivity index is 0.000000364. The zero-order valence-electron chi connectivity index (χ0n) is 7.40. The van der Waals surface area contributed by atoms with Crippen LogP contribution in [0.3, 0.4) is 0 Å². The van der Waals surface area contributed by atoms with Gasteiger partial charge in [0.15, 0.2) is 0 Å². The van der Waals surface area contributed by atoms with Crippen molar-refractivity contribution in [3.8, 4) is 0 Å². The molecular formula is C9H9ClO4. The van der Waals surface area contributed by atoms with Gasteiger partial charge in [0, 0.05) is 6.92 Å². The van der Waals surface area contributed by atoms with Crippen molar-refractivity contribution in [2.45, 2.75) is 6.92 Å². The van der Waals surface area contributed by atoms with Crippen molar-refractivity contribution in [3.05, 3.63) is 34.9 Å². The summed E-state index contributed by atoms with van der Waals surface area (Å²) in [6.45, 7) is 1.08. The van der Waals surface area contributed by atoms with Gasteiger partial charge in [0.05, 0.1) is 10.6 Å². The molecule has 0 bridgehead atoms. The highest BCUT2D eigenvalue weighted by Gasteiger charge is 2.04. The van der Waals surface area contributed by atoms with Gasteiger partial charge < -0.3 is 10.2 Å². The normalized spacial score (nSPS) is 8.43. The van der Waals surface area contributed by atoms with E-state index < -0.39 is 11.9 Å². The molecule has 0 amide bonds.